The summed E-state index contributed by atoms with van der Waals surface area (Å²) in [5.74, 6) is -3.62. The molecule has 0 saturated heterocycles. The molecule has 188 valence electrons. The first kappa shape index (κ1) is 23.8. The van der Waals surface area contributed by atoms with Gasteiger partial charge in [-0.1, -0.05) is 0 Å². The Labute approximate surface area is 207 Å². The molecule has 0 radical (unpaired) electrons. The zero-order valence-electron chi connectivity index (χ0n) is 19.6. The molecule has 0 aliphatic rings. The second-order valence-corrected chi connectivity index (χ2v) is 8.22. The summed E-state index contributed by atoms with van der Waals surface area (Å²) in [5, 5.41) is 6.27. The first-order valence-electron chi connectivity index (χ1n) is 10.9. The minimum atomic E-state index is -0.871. The SMILES string of the molecule is CC(=O)N(C)N(Cc1ccn(-c2ccc(F)cc2F)n1)C(=O)c1cc2c(cc1F)nc(N)c1cncn12. The van der Waals surface area contributed by atoms with Gasteiger partial charge in [-0.2, -0.15) is 5.10 Å². The number of carbonyl (C=O) groups excluding carboxylic acids is 2. The van der Waals surface area contributed by atoms with E-state index in [0.717, 1.165) is 28.2 Å². The lowest BCUT2D eigenvalue weighted by Gasteiger charge is -2.30. The fourth-order valence-electron chi connectivity index (χ4n) is 3.89. The minimum Gasteiger partial charge on any atom is -0.382 e. The molecular formula is C24H19F3N8O2. The van der Waals surface area contributed by atoms with E-state index in [1.165, 1.54) is 55.6 Å². The number of nitrogen functional groups attached to an aromatic ring is 1. The Morgan fingerprint density at radius 2 is 1.84 bits per heavy atom. The zero-order valence-corrected chi connectivity index (χ0v) is 19.6. The largest absolute Gasteiger partial charge is 0.382 e. The predicted molar refractivity (Wildman–Crippen MR) is 127 cm³/mol. The van der Waals surface area contributed by atoms with Gasteiger partial charge in [0.15, 0.2) is 5.82 Å². The Morgan fingerprint density at radius 1 is 1.05 bits per heavy atom. The second-order valence-electron chi connectivity index (χ2n) is 8.22. The summed E-state index contributed by atoms with van der Waals surface area (Å²) in [4.78, 5) is 33.9. The van der Waals surface area contributed by atoms with Gasteiger partial charge in [-0.15, -0.1) is 0 Å². The third-order valence-electron chi connectivity index (χ3n) is 5.86. The van der Waals surface area contributed by atoms with Crippen LogP contribution in [0.25, 0.3) is 22.2 Å². The Hall–Kier alpha value is -4.94. The summed E-state index contributed by atoms with van der Waals surface area (Å²) in [6.45, 7) is 0.994. The number of fused-ring (bicyclic) bond motifs is 3. The molecule has 37 heavy (non-hydrogen) atoms. The van der Waals surface area contributed by atoms with Crippen LogP contribution in [0, 0.1) is 17.5 Å². The van der Waals surface area contributed by atoms with Gasteiger partial charge in [0.05, 0.1) is 41.4 Å². The van der Waals surface area contributed by atoms with Crippen molar-refractivity contribution in [2.75, 3.05) is 12.8 Å². The van der Waals surface area contributed by atoms with Crippen molar-refractivity contribution in [3.63, 3.8) is 0 Å². The number of rotatable bonds is 4. The zero-order chi connectivity index (χ0) is 26.4. The van der Waals surface area contributed by atoms with E-state index in [2.05, 4.69) is 15.1 Å². The standard InChI is InChI=1S/C24H19F3N8O2/c1-13(36)32(2)35(11-15-5-6-34(31-15)20-4-3-14(25)7-18(20)27)24(37)16-8-21-19(9-17(16)26)30-23(28)22-10-29-12-33(21)22/h3-10,12H,11H2,1-2H3,(H2,28,30). The van der Waals surface area contributed by atoms with Crippen LogP contribution in [0.3, 0.4) is 0 Å². The van der Waals surface area contributed by atoms with Crippen LogP contribution in [0.2, 0.25) is 0 Å². The van der Waals surface area contributed by atoms with Crippen molar-refractivity contribution in [3.05, 3.63) is 83.8 Å². The third kappa shape index (κ3) is 4.20. The highest BCUT2D eigenvalue weighted by atomic mass is 19.1. The van der Waals surface area contributed by atoms with Crippen LogP contribution in [0.1, 0.15) is 23.0 Å². The van der Waals surface area contributed by atoms with E-state index in [1.54, 1.807) is 4.40 Å². The summed E-state index contributed by atoms with van der Waals surface area (Å²) in [6.07, 6.45) is 4.37. The van der Waals surface area contributed by atoms with Gasteiger partial charge in [0.2, 0.25) is 5.91 Å². The van der Waals surface area contributed by atoms with Gasteiger partial charge in [-0.05, 0) is 24.3 Å². The number of nitrogens with two attached hydrogens (primary N) is 1. The van der Waals surface area contributed by atoms with E-state index in [0.29, 0.717) is 11.0 Å². The fourth-order valence-corrected chi connectivity index (χ4v) is 3.89. The topological polar surface area (TPSA) is 115 Å². The molecular weight excluding hydrogens is 489 g/mol. The van der Waals surface area contributed by atoms with Gasteiger partial charge in [-0.3, -0.25) is 19.0 Å². The molecule has 0 fully saturated rings. The quantitative estimate of drug-likeness (QED) is 0.373. The van der Waals surface area contributed by atoms with Crippen LogP contribution in [-0.2, 0) is 11.3 Å². The van der Waals surface area contributed by atoms with E-state index in [9.17, 15) is 18.4 Å². The third-order valence-corrected chi connectivity index (χ3v) is 5.86. The van der Waals surface area contributed by atoms with Gasteiger partial charge < -0.3 is 5.73 Å². The number of hydrogen-bond donors (Lipinski definition) is 1. The van der Waals surface area contributed by atoms with Gasteiger partial charge in [0.1, 0.15) is 28.7 Å². The molecule has 0 aliphatic heterocycles. The van der Waals surface area contributed by atoms with Crippen molar-refractivity contribution in [1.82, 2.24) is 34.2 Å². The average molecular weight is 508 g/mol. The van der Waals surface area contributed by atoms with Gasteiger partial charge in [-0.25, -0.2) is 32.8 Å². The molecule has 2 amide bonds. The molecule has 13 heteroatoms. The normalized spacial score (nSPS) is 11.3. The molecule has 0 saturated carbocycles. The average Bonchev–Trinajstić information content (AvgIpc) is 3.52. The fraction of sp³-hybridized carbons (Fsp3) is 0.125. The smallest absolute Gasteiger partial charge is 0.275 e. The molecule has 5 aromatic rings. The van der Waals surface area contributed by atoms with Crippen molar-refractivity contribution in [2.24, 2.45) is 0 Å². The van der Waals surface area contributed by atoms with Crippen LogP contribution < -0.4 is 5.73 Å². The molecule has 2 aromatic carbocycles. The maximum atomic E-state index is 15.1. The Balaban J connectivity index is 1.53. The van der Waals surface area contributed by atoms with E-state index < -0.39 is 29.3 Å². The van der Waals surface area contributed by atoms with E-state index in [4.69, 9.17) is 5.73 Å². The molecule has 0 atom stereocenters. The molecule has 0 bridgehead atoms. The lowest BCUT2D eigenvalue weighted by atomic mass is 10.1. The maximum Gasteiger partial charge on any atom is 0.275 e. The highest BCUT2D eigenvalue weighted by Crippen LogP contribution is 2.24. The Kier molecular flexibility index (Phi) is 5.74. The minimum absolute atomic E-state index is 0.0119. The summed E-state index contributed by atoms with van der Waals surface area (Å²) in [7, 11) is 1.35. The number of hydrazine groups is 1. The Morgan fingerprint density at radius 3 is 2.57 bits per heavy atom. The second kappa shape index (κ2) is 8.93. The first-order chi connectivity index (χ1) is 17.6. The van der Waals surface area contributed by atoms with Crippen LogP contribution >= 0.6 is 0 Å². The van der Waals surface area contributed by atoms with Crippen LogP contribution in [0.4, 0.5) is 19.0 Å². The lowest BCUT2D eigenvalue weighted by Crippen LogP contribution is -2.46. The van der Waals surface area contributed by atoms with Gasteiger partial charge in [0, 0.05) is 32.3 Å². The van der Waals surface area contributed by atoms with Crippen LogP contribution in [-0.4, -0.2) is 53.0 Å². The Bertz CT molecular complexity index is 1700. The lowest BCUT2D eigenvalue weighted by molar-refractivity contribution is -0.140. The first-order valence-corrected chi connectivity index (χ1v) is 10.9. The number of nitrogens with zero attached hydrogens (tertiary/aromatic N) is 7. The van der Waals surface area contributed by atoms with Crippen molar-refractivity contribution in [3.8, 4) is 5.69 Å². The molecule has 2 N–H and O–H groups in total. The van der Waals surface area contributed by atoms with Crippen molar-refractivity contribution in [1.29, 1.82) is 0 Å². The van der Waals surface area contributed by atoms with Crippen LogP contribution in [0.15, 0.2) is 55.1 Å². The maximum absolute atomic E-state index is 15.1. The molecule has 5 rings (SSSR count). The number of benzene rings is 2. The highest BCUT2D eigenvalue weighted by Gasteiger charge is 2.27. The van der Waals surface area contributed by atoms with Crippen LogP contribution in [0.5, 0.6) is 0 Å². The highest BCUT2D eigenvalue weighted by molar-refractivity contribution is 5.99. The predicted octanol–water partition coefficient (Wildman–Crippen LogP) is 3.10. The number of amides is 2. The van der Waals surface area contributed by atoms with E-state index >= 15 is 4.39 Å². The molecule has 0 aliphatic carbocycles. The monoisotopic (exact) mass is 508 g/mol. The number of halogens is 3. The molecule has 3 aromatic heterocycles. The number of imidazole rings is 1. The van der Waals surface area contributed by atoms with Crippen molar-refractivity contribution >= 4 is 34.2 Å². The molecule has 10 nitrogen and oxygen atoms in total. The summed E-state index contributed by atoms with van der Waals surface area (Å²) < 4.78 is 45.4. The number of hydrogen-bond acceptors (Lipinski definition) is 6. The number of anilines is 1. The van der Waals surface area contributed by atoms with Crippen molar-refractivity contribution < 1.29 is 22.8 Å². The van der Waals surface area contributed by atoms with E-state index in [1.807, 2.05) is 0 Å². The van der Waals surface area contributed by atoms with Gasteiger partial charge >= 0.3 is 0 Å². The number of aromatic nitrogens is 5. The molecule has 3 heterocycles. The summed E-state index contributed by atoms with van der Waals surface area (Å²) in [5.41, 5.74) is 6.91. The summed E-state index contributed by atoms with van der Waals surface area (Å²) >= 11 is 0. The van der Waals surface area contributed by atoms with Crippen molar-refractivity contribution in [2.45, 2.75) is 13.5 Å². The molecule has 0 unspecified atom stereocenters. The summed E-state index contributed by atoms with van der Waals surface area (Å²) in [6, 6.07) is 6.90. The number of carbonyl (C=O) groups is 2. The van der Waals surface area contributed by atoms with E-state index in [-0.39, 0.29) is 34.8 Å². The molecule has 0 spiro atoms. The van der Waals surface area contributed by atoms with Gasteiger partial charge in [0.25, 0.3) is 5.91 Å².